The first-order valence-electron chi connectivity index (χ1n) is 4.32. The van der Waals surface area contributed by atoms with E-state index in [0.29, 0.717) is 5.82 Å². The SMILES string of the molecule is Cc1ccc(Nc2cc(O)[nH]n2)cc1. The Bertz CT molecular complexity index is 419. The fourth-order valence-corrected chi connectivity index (χ4v) is 1.16. The van der Waals surface area contributed by atoms with Gasteiger partial charge in [-0.25, -0.2) is 5.10 Å². The lowest BCUT2D eigenvalue weighted by Crippen LogP contribution is -1.89. The van der Waals surface area contributed by atoms with E-state index in [1.165, 1.54) is 11.6 Å². The van der Waals surface area contributed by atoms with E-state index in [9.17, 15) is 0 Å². The summed E-state index contributed by atoms with van der Waals surface area (Å²) in [6, 6.07) is 9.46. The third-order valence-corrected chi connectivity index (χ3v) is 1.89. The van der Waals surface area contributed by atoms with Crippen molar-refractivity contribution in [2.45, 2.75) is 6.92 Å². The van der Waals surface area contributed by atoms with Crippen molar-refractivity contribution in [3.8, 4) is 5.88 Å². The van der Waals surface area contributed by atoms with Gasteiger partial charge in [-0.05, 0) is 19.1 Å². The summed E-state index contributed by atoms with van der Waals surface area (Å²) in [6.07, 6.45) is 0. The highest BCUT2D eigenvalue weighted by atomic mass is 16.3. The molecule has 1 aromatic carbocycles. The molecule has 0 atom stereocenters. The molecular weight excluding hydrogens is 178 g/mol. The molecule has 0 spiro atoms. The molecule has 72 valence electrons. The molecular formula is C10H11N3O. The maximum Gasteiger partial charge on any atom is 0.208 e. The fraction of sp³-hybridized carbons (Fsp3) is 0.100. The number of rotatable bonds is 2. The van der Waals surface area contributed by atoms with Gasteiger partial charge in [-0.15, -0.1) is 0 Å². The molecule has 3 N–H and O–H groups in total. The Hall–Kier alpha value is -1.97. The van der Waals surface area contributed by atoms with E-state index in [4.69, 9.17) is 5.11 Å². The van der Waals surface area contributed by atoms with Gasteiger partial charge in [0.1, 0.15) is 0 Å². The fourth-order valence-electron chi connectivity index (χ4n) is 1.16. The van der Waals surface area contributed by atoms with Gasteiger partial charge in [0.15, 0.2) is 5.82 Å². The van der Waals surface area contributed by atoms with Crippen LogP contribution in [0.15, 0.2) is 30.3 Å². The number of anilines is 2. The molecule has 0 aliphatic rings. The van der Waals surface area contributed by atoms with Crippen molar-refractivity contribution in [1.29, 1.82) is 0 Å². The van der Waals surface area contributed by atoms with Gasteiger partial charge in [-0.3, -0.25) is 0 Å². The highest BCUT2D eigenvalue weighted by molar-refractivity contribution is 5.56. The Morgan fingerprint density at radius 1 is 1.29 bits per heavy atom. The lowest BCUT2D eigenvalue weighted by Gasteiger charge is -2.01. The maximum atomic E-state index is 9.02. The molecule has 4 nitrogen and oxygen atoms in total. The number of aromatic hydroxyl groups is 1. The zero-order valence-electron chi connectivity index (χ0n) is 7.78. The molecule has 0 amide bonds. The lowest BCUT2D eigenvalue weighted by molar-refractivity contribution is 0.452. The Morgan fingerprint density at radius 2 is 2.00 bits per heavy atom. The summed E-state index contributed by atoms with van der Waals surface area (Å²) in [5, 5.41) is 18.4. The van der Waals surface area contributed by atoms with Gasteiger partial charge >= 0.3 is 0 Å². The minimum Gasteiger partial charge on any atom is -0.494 e. The van der Waals surface area contributed by atoms with Crippen LogP contribution in [0.2, 0.25) is 0 Å². The first-order valence-corrected chi connectivity index (χ1v) is 4.32. The zero-order chi connectivity index (χ0) is 9.97. The van der Waals surface area contributed by atoms with Crippen molar-refractivity contribution < 1.29 is 5.11 Å². The molecule has 0 saturated heterocycles. The number of nitrogens with one attached hydrogen (secondary N) is 2. The van der Waals surface area contributed by atoms with Gasteiger partial charge in [-0.1, -0.05) is 17.7 Å². The van der Waals surface area contributed by atoms with Crippen LogP contribution in [0.1, 0.15) is 5.56 Å². The maximum absolute atomic E-state index is 9.02. The Balaban J connectivity index is 2.15. The van der Waals surface area contributed by atoms with Crippen molar-refractivity contribution >= 4 is 11.5 Å². The van der Waals surface area contributed by atoms with Crippen molar-refractivity contribution in [2.24, 2.45) is 0 Å². The number of aryl methyl sites for hydroxylation is 1. The topological polar surface area (TPSA) is 60.9 Å². The molecule has 0 radical (unpaired) electrons. The monoisotopic (exact) mass is 189 g/mol. The van der Waals surface area contributed by atoms with Crippen molar-refractivity contribution in [1.82, 2.24) is 10.2 Å². The first-order chi connectivity index (χ1) is 6.74. The van der Waals surface area contributed by atoms with Crippen LogP contribution in [0.5, 0.6) is 5.88 Å². The van der Waals surface area contributed by atoms with Gasteiger partial charge in [0.2, 0.25) is 5.88 Å². The van der Waals surface area contributed by atoms with E-state index in [1.807, 2.05) is 31.2 Å². The molecule has 0 unspecified atom stereocenters. The minimum absolute atomic E-state index is 0.0552. The number of aromatic nitrogens is 2. The van der Waals surface area contributed by atoms with Gasteiger partial charge in [0.25, 0.3) is 0 Å². The van der Waals surface area contributed by atoms with E-state index in [2.05, 4.69) is 15.5 Å². The van der Waals surface area contributed by atoms with Gasteiger partial charge in [0, 0.05) is 11.8 Å². The average Bonchev–Trinajstić information content (AvgIpc) is 2.56. The Morgan fingerprint density at radius 3 is 2.57 bits per heavy atom. The van der Waals surface area contributed by atoms with Gasteiger partial charge in [-0.2, -0.15) is 5.10 Å². The van der Waals surface area contributed by atoms with Crippen LogP contribution in [-0.4, -0.2) is 15.3 Å². The molecule has 2 aromatic rings. The number of hydrogen-bond donors (Lipinski definition) is 3. The predicted octanol–water partition coefficient (Wildman–Crippen LogP) is 2.17. The normalized spacial score (nSPS) is 10.1. The quantitative estimate of drug-likeness (QED) is 0.678. The minimum atomic E-state index is 0.0552. The Labute approximate surface area is 81.6 Å². The molecule has 0 bridgehead atoms. The molecule has 0 aliphatic heterocycles. The van der Waals surface area contributed by atoms with Crippen LogP contribution < -0.4 is 5.32 Å². The van der Waals surface area contributed by atoms with E-state index in [0.717, 1.165) is 5.69 Å². The number of nitrogens with zero attached hydrogens (tertiary/aromatic N) is 1. The summed E-state index contributed by atoms with van der Waals surface area (Å²) in [5.41, 5.74) is 2.16. The van der Waals surface area contributed by atoms with E-state index in [1.54, 1.807) is 0 Å². The highest BCUT2D eigenvalue weighted by Gasteiger charge is 1.98. The number of H-pyrrole nitrogens is 1. The number of aromatic amines is 1. The third kappa shape index (κ3) is 1.85. The zero-order valence-corrected chi connectivity index (χ0v) is 7.78. The first kappa shape index (κ1) is 8.62. The molecule has 0 fully saturated rings. The van der Waals surface area contributed by atoms with Gasteiger partial charge in [0.05, 0.1) is 0 Å². The van der Waals surface area contributed by atoms with Crippen molar-refractivity contribution in [2.75, 3.05) is 5.32 Å². The Kier molecular flexibility index (Phi) is 2.10. The summed E-state index contributed by atoms with van der Waals surface area (Å²) < 4.78 is 0. The van der Waals surface area contributed by atoms with Crippen LogP contribution >= 0.6 is 0 Å². The molecule has 1 aromatic heterocycles. The molecule has 1 heterocycles. The molecule has 4 heteroatoms. The van der Waals surface area contributed by atoms with Crippen LogP contribution in [0.25, 0.3) is 0 Å². The summed E-state index contributed by atoms with van der Waals surface area (Å²) in [6.45, 7) is 2.03. The number of benzene rings is 1. The smallest absolute Gasteiger partial charge is 0.208 e. The van der Waals surface area contributed by atoms with Crippen LogP contribution in [0, 0.1) is 6.92 Å². The molecule has 0 aliphatic carbocycles. The summed E-state index contributed by atoms with van der Waals surface area (Å²) >= 11 is 0. The standard InChI is InChI=1S/C10H11N3O/c1-7-2-4-8(5-3-7)11-9-6-10(14)13-12-9/h2-6H,1H3,(H3,11,12,13,14). The molecule has 0 saturated carbocycles. The molecule has 14 heavy (non-hydrogen) atoms. The average molecular weight is 189 g/mol. The summed E-state index contributed by atoms with van der Waals surface area (Å²) in [4.78, 5) is 0. The summed E-state index contributed by atoms with van der Waals surface area (Å²) in [5.74, 6) is 0.658. The van der Waals surface area contributed by atoms with Crippen LogP contribution in [-0.2, 0) is 0 Å². The van der Waals surface area contributed by atoms with Crippen LogP contribution in [0.3, 0.4) is 0 Å². The van der Waals surface area contributed by atoms with E-state index < -0.39 is 0 Å². The van der Waals surface area contributed by atoms with Gasteiger partial charge < -0.3 is 10.4 Å². The van der Waals surface area contributed by atoms with Crippen LogP contribution in [0.4, 0.5) is 11.5 Å². The van der Waals surface area contributed by atoms with Crippen molar-refractivity contribution in [3.05, 3.63) is 35.9 Å². The lowest BCUT2D eigenvalue weighted by atomic mass is 10.2. The second kappa shape index (κ2) is 3.41. The van der Waals surface area contributed by atoms with Crippen molar-refractivity contribution in [3.63, 3.8) is 0 Å². The summed E-state index contributed by atoms with van der Waals surface area (Å²) in [7, 11) is 0. The highest BCUT2D eigenvalue weighted by Crippen LogP contribution is 2.17. The predicted molar refractivity (Wildman–Crippen MR) is 54.7 cm³/mol. The third-order valence-electron chi connectivity index (χ3n) is 1.89. The second-order valence-electron chi connectivity index (χ2n) is 3.13. The van der Waals surface area contributed by atoms with E-state index in [-0.39, 0.29) is 5.88 Å². The van der Waals surface area contributed by atoms with E-state index >= 15 is 0 Å². The molecule has 2 rings (SSSR count). The largest absolute Gasteiger partial charge is 0.494 e. The second-order valence-corrected chi connectivity index (χ2v) is 3.13. The number of hydrogen-bond acceptors (Lipinski definition) is 3.